The summed E-state index contributed by atoms with van der Waals surface area (Å²) in [4.78, 5) is 37.7. The summed E-state index contributed by atoms with van der Waals surface area (Å²) in [6, 6.07) is 26.5. The zero-order chi connectivity index (χ0) is 26.2. The number of benzene rings is 4. The topological polar surface area (TPSA) is 94.1 Å². The second-order valence-corrected chi connectivity index (χ2v) is 9.40. The van der Waals surface area contributed by atoms with Gasteiger partial charge in [-0.1, -0.05) is 50.1 Å². The van der Waals surface area contributed by atoms with Crippen molar-refractivity contribution < 1.29 is 23.9 Å². The number of carbonyl (C=O) groups is 3. The van der Waals surface area contributed by atoms with Crippen molar-refractivity contribution in [2.24, 2.45) is 5.10 Å². The van der Waals surface area contributed by atoms with Gasteiger partial charge in [-0.3, -0.25) is 4.79 Å². The van der Waals surface area contributed by atoms with Crippen LogP contribution in [-0.2, 0) is 0 Å². The van der Waals surface area contributed by atoms with E-state index < -0.39 is 11.9 Å². The van der Waals surface area contributed by atoms with E-state index in [0.29, 0.717) is 22.3 Å². The predicted molar refractivity (Wildman–Crippen MR) is 146 cm³/mol. The highest BCUT2D eigenvalue weighted by Gasteiger charge is 2.17. The minimum atomic E-state index is -0.639. The molecule has 1 amide bonds. The summed E-state index contributed by atoms with van der Waals surface area (Å²) in [5.41, 5.74) is 4.02. The number of ether oxygens (including phenoxy) is 2. The third-order valence-electron chi connectivity index (χ3n) is 4.95. The molecule has 1 N–H and O–H groups in total. The van der Waals surface area contributed by atoms with Gasteiger partial charge in [0.15, 0.2) is 11.5 Å². The molecular weight excluding hydrogens is 604 g/mol. The molecule has 4 aromatic rings. The molecule has 0 saturated carbocycles. The molecule has 0 aliphatic rings. The fraction of sp³-hybridized carbons (Fsp3) is 0. The smallest absolute Gasteiger partial charge is 0.343 e. The predicted octanol–water partition coefficient (Wildman–Crippen LogP) is 6.41. The minimum absolute atomic E-state index is 0.0108. The van der Waals surface area contributed by atoms with Gasteiger partial charge in [0.1, 0.15) is 0 Å². The molecule has 0 radical (unpaired) electrons. The summed E-state index contributed by atoms with van der Waals surface area (Å²) >= 11 is 6.65. The summed E-state index contributed by atoms with van der Waals surface area (Å²) in [6.45, 7) is 0. The van der Waals surface area contributed by atoms with Crippen molar-refractivity contribution >= 4 is 55.9 Å². The third kappa shape index (κ3) is 7.22. The standard InChI is InChI=1S/C28H18Br2N2O5/c29-22-11-7-20(8-12-22)27(34)36-24-15-6-18(17-31-32-26(33)19-4-2-1-3-5-19)16-25(24)37-28(35)21-9-13-23(30)14-10-21/h1-17H,(H,32,33). The highest BCUT2D eigenvalue weighted by atomic mass is 79.9. The van der Waals surface area contributed by atoms with Crippen LogP contribution in [0, 0.1) is 0 Å². The van der Waals surface area contributed by atoms with Gasteiger partial charge in [0, 0.05) is 14.5 Å². The molecular formula is C28H18Br2N2O5. The zero-order valence-corrected chi connectivity index (χ0v) is 22.2. The van der Waals surface area contributed by atoms with E-state index >= 15 is 0 Å². The normalized spacial score (nSPS) is 10.6. The largest absolute Gasteiger partial charge is 0.419 e. The van der Waals surface area contributed by atoms with E-state index in [1.54, 1.807) is 78.9 Å². The molecule has 0 aliphatic carbocycles. The first-order valence-electron chi connectivity index (χ1n) is 10.9. The van der Waals surface area contributed by atoms with Crippen LogP contribution in [0.15, 0.2) is 111 Å². The number of esters is 2. The number of halogens is 2. The first-order chi connectivity index (χ1) is 17.9. The minimum Gasteiger partial charge on any atom is -0.419 e. The molecule has 0 unspecified atom stereocenters. The van der Waals surface area contributed by atoms with E-state index in [2.05, 4.69) is 42.4 Å². The van der Waals surface area contributed by atoms with Crippen molar-refractivity contribution in [3.63, 3.8) is 0 Å². The number of nitrogens with one attached hydrogen (secondary N) is 1. The molecule has 0 aliphatic heterocycles. The Bertz CT molecular complexity index is 1450. The van der Waals surface area contributed by atoms with E-state index in [9.17, 15) is 14.4 Å². The van der Waals surface area contributed by atoms with Crippen LogP contribution in [0.5, 0.6) is 11.5 Å². The van der Waals surface area contributed by atoms with Gasteiger partial charge >= 0.3 is 11.9 Å². The number of hydrazone groups is 1. The van der Waals surface area contributed by atoms with Crippen LogP contribution in [0.25, 0.3) is 0 Å². The van der Waals surface area contributed by atoms with Gasteiger partial charge in [0.2, 0.25) is 0 Å². The second kappa shape index (κ2) is 12.2. The Morgan fingerprint density at radius 2 is 1.19 bits per heavy atom. The van der Waals surface area contributed by atoms with Crippen LogP contribution >= 0.6 is 31.9 Å². The molecule has 0 aromatic heterocycles. The lowest BCUT2D eigenvalue weighted by molar-refractivity contribution is 0.0682. The number of carbonyl (C=O) groups excluding carboxylic acids is 3. The van der Waals surface area contributed by atoms with Crippen molar-refractivity contribution in [3.05, 3.63) is 128 Å². The molecule has 7 nitrogen and oxygen atoms in total. The Labute approximate surface area is 229 Å². The first-order valence-corrected chi connectivity index (χ1v) is 12.5. The fourth-order valence-corrected chi connectivity index (χ4v) is 3.61. The molecule has 4 rings (SSSR count). The van der Waals surface area contributed by atoms with Crippen molar-refractivity contribution in [3.8, 4) is 11.5 Å². The van der Waals surface area contributed by atoms with E-state index in [4.69, 9.17) is 9.47 Å². The van der Waals surface area contributed by atoms with Crippen LogP contribution in [-0.4, -0.2) is 24.1 Å². The number of hydrogen-bond acceptors (Lipinski definition) is 6. The molecule has 0 bridgehead atoms. The lowest BCUT2D eigenvalue weighted by Crippen LogP contribution is -2.17. The summed E-state index contributed by atoms with van der Waals surface area (Å²) in [6.07, 6.45) is 1.39. The Hall–Kier alpha value is -4.08. The van der Waals surface area contributed by atoms with Crippen LogP contribution in [0.3, 0.4) is 0 Å². The zero-order valence-electron chi connectivity index (χ0n) is 19.1. The van der Waals surface area contributed by atoms with E-state index in [-0.39, 0.29) is 17.4 Å². The molecule has 4 aromatic carbocycles. The van der Waals surface area contributed by atoms with Crippen molar-refractivity contribution in [1.82, 2.24) is 5.43 Å². The quantitative estimate of drug-likeness (QED) is 0.111. The summed E-state index contributed by atoms with van der Waals surface area (Å²) in [5.74, 6) is -1.58. The van der Waals surface area contributed by atoms with E-state index in [1.807, 2.05) is 6.07 Å². The Morgan fingerprint density at radius 1 is 0.649 bits per heavy atom. The van der Waals surface area contributed by atoms with Crippen LogP contribution in [0.2, 0.25) is 0 Å². The maximum absolute atomic E-state index is 12.8. The average Bonchev–Trinajstić information content (AvgIpc) is 2.91. The SMILES string of the molecule is O=C(NN=Cc1ccc(OC(=O)c2ccc(Br)cc2)c(OC(=O)c2ccc(Br)cc2)c1)c1ccccc1. The molecule has 184 valence electrons. The molecule has 0 fully saturated rings. The summed E-state index contributed by atoms with van der Waals surface area (Å²) in [5, 5.41) is 3.97. The molecule has 9 heteroatoms. The third-order valence-corrected chi connectivity index (χ3v) is 6.01. The van der Waals surface area contributed by atoms with Crippen molar-refractivity contribution in [1.29, 1.82) is 0 Å². The van der Waals surface area contributed by atoms with Gasteiger partial charge in [-0.25, -0.2) is 15.0 Å². The van der Waals surface area contributed by atoms with E-state index in [1.165, 1.54) is 18.3 Å². The van der Waals surface area contributed by atoms with Crippen molar-refractivity contribution in [2.75, 3.05) is 0 Å². The lowest BCUT2D eigenvalue weighted by atomic mass is 10.2. The molecule has 0 spiro atoms. The van der Waals surface area contributed by atoms with E-state index in [0.717, 1.165) is 8.95 Å². The lowest BCUT2D eigenvalue weighted by Gasteiger charge is -2.12. The van der Waals surface area contributed by atoms with Gasteiger partial charge in [0.05, 0.1) is 17.3 Å². The number of amides is 1. The van der Waals surface area contributed by atoms with Gasteiger partial charge in [0.25, 0.3) is 5.91 Å². The van der Waals surface area contributed by atoms with Gasteiger partial charge in [-0.15, -0.1) is 0 Å². The highest BCUT2D eigenvalue weighted by Crippen LogP contribution is 2.30. The van der Waals surface area contributed by atoms with Crippen LogP contribution in [0.1, 0.15) is 36.6 Å². The highest BCUT2D eigenvalue weighted by molar-refractivity contribution is 9.10. The molecule has 0 atom stereocenters. The summed E-state index contributed by atoms with van der Waals surface area (Å²) in [7, 11) is 0. The molecule has 37 heavy (non-hydrogen) atoms. The first kappa shape index (κ1) is 26.0. The summed E-state index contributed by atoms with van der Waals surface area (Å²) < 4.78 is 12.7. The Balaban J connectivity index is 1.56. The maximum atomic E-state index is 12.8. The molecule has 0 saturated heterocycles. The van der Waals surface area contributed by atoms with Crippen LogP contribution < -0.4 is 14.9 Å². The van der Waals surface area contributed by atoms with Gasteiger partial charge in [-0.2, -0.15) is 5.10 Å². The average molecular weight is 622 g/mol. The Kier molecular flexibility index (Phi) is 8.60. The molecule has 0 heterocycles. The van der Waals surface area contributed by atoms with Crippen molar-refractivity contribution in [2.45, 2.75) is 0 Å². The maximum Gasteiger partial charge on any atom is 0.343 e. The number of rotatable bonds is 7. The fourth-order valence-electron chi connectivity index (χ4n) is 3.08. The Morgan fingerprint density at radius 3 is 1.76 bits per heavy atom. The van der Waals surface area contributed by atoms with Gasteiger partial charge < -0.3 is 9.47 Å². The van der Waals surface area contributed by atoms with Gasteiger partial charge in [-0.05, 0) is 84.4 Å². The number of hydrogen-bond donors (Lipinski definition) is 1. The monoisotopic (exact) mass is 620 g/mol. The van der Waals surface area contributed by atoms with Crippen LogP contribution in [0.4, 0.5) is 0 Å². The number of nitrogens with zero attached hydrogens (tertiary/aromatic N) is 1. The second-order valence-electron chi connectivity index (χ2n) is 7.56.